The largest absolute Gasteiger partial charge is 0.147 e. The van der Waals surface area contributed by atoms with E-state index in [-0.39, 0.29) is 37.0 Å². The van der Waals surface area contributed by atoms with E-state index in [0.717, 1.165) is 11.1 Å². The predicted octanol–water partition coefficient (Wildman–Crippen LogP) is 4.99. The zero-order valence-electron chi connectivity index (χ0n) is 16.8. The van der Waals surface area contributed by atoms with Crippen LogP contribution < -0.4 is 3.80 Å². The van der Waals surface area contributed by atoms with Crippen molar-refractivity contribution in [2.75, 3.05) is 6.61 Å². The van der Waals surface area contributed by atoms with E-state index in [1.807, 2.05) is 0 Å². The number of hydrogen-bond donors (Lipinski definition) is 2. The van der Waals surface area contributed by atoms with E-state index < -0.39 is 14.3 Å². The van der Waals surface area contributed by atoms with E-state index in [1.54, 1.807) is 0 Å². The molecule has 1 aliphatic rings. The van der Waals surface area contributed by atoms with Gasteiger partial charge in [0.25, 0.3) is 0 Å². The number of rotatable bonds is 5. The molecule has 0 saturated carbocycles. The van der Waals surface area contributed by atoms with Crippen LogP contribution in [0, 0.1) is 0 Å². The SMILES string of the molecule is CC(C)(C)[NH][Ti]([CH3])(=[SiH2])([CH2]CCO)[CH]1c2ccccc2-c2ccccc21.Cl.Cl. The molecule has 2 nitrogen and oxygen atoms in total. The summed E-state index contributed by atoms with van der Waals surface area (Å²) in [7, 11) is 2.26. The van der Waals surface area contributed by atoms with Crippen LogP contribution in [0.4, 0.5) is 0 Å². The Hall–Kier alpha value is -0.129. The Bertz CT molecular complexity index is 820. The number of halogens is 2. The Kier molecular flexibility index (Phi) is 8.03. The molecule has 0 heterocycles. The Labute approximate surface area is 179 Å². The molecule has 0 aromatic heterocycles. The summed E-state index contributed by atoms with van der Waals surface area (Å²) in [6.07, 6.45) is 0.876. The molecule has 1 aliphatic carbocycles. The van der Waals surface area contributed by atoms with Gasteiger partial charge in [-0.3, -0.25) is 0 Å². The van der Waals surface area contributed by atoms with Gasteiger partial charge in [-0.05, 0) is 0 Å². The number of benzene rings is 2. The van der Waals surface area contributed by atoms with E-state index in [2.05, 4.69) is 86.0 Å². The third-order valence-corrected chi connectivity index (χ3v) is 18.0. The summed E-state index contributed by atoms with van der Waals surface area (Å²) >= 11 is -3.20. The summed E-state index contributed by atoms with van der Waals surface area (Å²) in [5.41, 5.74) is 5.81. The van der Waals surface area contributed by atoms with Gasteiger partial charge >= 0.3 is 155 Å². The zero-order chi connectivity index (χ0) is 18.3. The first kappa shape index (κ1) is 24.9. The molecule has 0 amide bonds. The second kappa shape index (κ2) is 8.71. The van der Waals surface area contributed by atoms with Crippen molar-refractivity contribution in [1.82, 2.24) is 3.80 Å². The predicted molar refractivity (Wildman–Crippen MR) is 122 cm³/mol. The van der Waals surface area contributed by atoms with Gasteiger partial charge in [-0.2, -0.15) is 0 Å². The number of hydrogen-bond acceptors (Lipinski definition) is 2. The molecule has 2 aromatic carbocycles. The van der Waals surface area contributed by atoms with Gasteiger partial charge in [0.05, 0.1) is 0 Å². The molecule has 2 aromatic rings. The molecule has 150 valence electrons. The monoisotopic (exact) mass is 461 g/mol. The Morgan fingerprint density at radius 3 is 1.81 bits per heavy atom. The van der Waals surface area contributed by atoms with Crippen LogP contribution in [0.1, 0.15) is 42.5 Å². The Morgan fingerprint density at radius 1 is 0.963 bits per heavy atom. The van der Waals surface area contributed by atoms with Crippen molar-refractivity contribution in [3.8, 4) is 11.1 Å². The fraction of sp³-hybridized carbons (Fsp3) is 0.429. The van der Waals surface area contributed by atoms with Crippen LogP contribution in [0.5, 0.6) is 0 Å². The zero-order valence-corrected chi connectivity index (χ0v) is 21.4. The average molecular weight is 462 g/mol. The van der Waals surface area contributed by atoms with Crippen molar-refractivity contribution < 1.29 is 19.4 Å². The van der Waals surface area contributed by atoms with Crippen LogP contribution in [0.15, 0.2) is 48.5 Å². The minimum atomic E-state index is -3.20. The van der Waals surface area contributed by atoms with Gasteiger partial charge in [0, 0.05) is 0 Å². The van der Waals surface area contributed by atoms with Crippen LogP contribution >= 0.6 is 24.8 Å². The van der Waals surface area contributed by atoms with Gasteiger partial charge in [0.15, 0.2) is 0 Å². The van der Waals surface area contributed by atoms with Crippen molar-refractivity contribution in [1.29, 1.82) is 0 Å². The molecule has 0 spiro atoms. The molecule has 6 heteroatoms. The van der Waals surface area contributed by atoms with Gasteiger partial charge in [-0.25, -0.2) is 0 Å². The third-order valence-electron chi connectivity index (χ3n) is 5.45. The van der Waals surface area contributed by atoms with Crippen molar-refractivity contribution in [3.63, 3.8) is 0 Å². The molecular weight excluding hydrogens is 429 g/mol. The van der Waals surface area contributed by atoms with E-state index in [1.165, 1.54) is 22.3 Å². The number of aliphatic hydroxyl groups excluding tert-OH is 1. The molecule has 0 fully saturated rings. The van der Waals surface area contributed by atoms with Gasteiger partial charge < -0.3 is 0 Å². The fourth-order valence-corrected chi connectivity index (χ4v) is 19.8. The molecule has 0 bridgehead atoms. The van der Waals surface area contributed by atoms with Crippen molar-refractivity contribution in [3.05, 3.63) is 59.7 Å². The van der Waals surface area contributed by atoms with Crippen LogP contribution in [0.25, 0.3) is 11.1 Å². The van der Waals surface area contributed by atoms with Crippen molar-refractivity contribution in [2.24, 2.45) is 0 Å². The quantitative estimate of drug-likeness (QED) is 0.614. The van der Waals surface area contributed by atoms with E-state index in [9.17, 15) is 5.11 Å². The molecule has 0 aliphatic heterocycles. The number of aliphatic hydroxyl groups is 1. The summed E-state index contributed by atoms with van der Waals surface area (Å²) in [4.78, 5) is 0. The van der Waals surface area contributed by atoms with Crippen LogP contribution in [0.2, 0.25) is 9.95 Å². The van der Waals surface area contributed by atoms with Gasteiger partial charge in [0.2, 0.25) is 0 Å². The smallest absolute Gasteiger partial charge is 0.147 e. The van der Waals surface area contributed by atoms with E-state index in [0.29, 0.717) is 4.22 Å². The van der Waals surface area contributed by atoms with Gasteiger partial charge in [-0.15, -0.1) is 24.8 Å². The Balaban J connectivity index is 0.00000182. The minimum absolute atomic E-state index is 0. The topological polar surface area (TPSA) is 32.3 Å². The number of nitrogens with one attached hydrogen (secondary N) is 1. The maximum absolute atomic E-state index is 9.58. The summed E-state index contributed by atoms with van der Waals surface area (Å²) in [5, 5.41) is 12.1. The molecule has 27 heavy (non-hydrogen) atoms. The molecule has 0 unspecified atom stereocenters. The van der Waals surface area contributed by atoms with Crippen LogP contribution in [-0.2, 0) is 14.3 Å². The number of fused-ring (bicyclic) bond motifs is 3. The second-order valence-corrected chi connectivity index (χ2v) is 26.9. The van der Waals surface area contributed by atoms with Gasteiger partial charge in [-0.1, -0.05) is 0 Å². The maximum Gasteiger partial charge on any atom is -0.147 e. The van der Waals surface area contributed by atoms with E-state index in [4.69, 9.17) is 0 Å². The van der Waals surface area contributed by atoms with Crippen LogP contribution in [-0.4, -0.2) is 24.9 Å². The maximum atomic E-state index is 9.58. The van der Waals surface area contributed by atoms with Crippen LogP contribution in [0.3, 0.4) is 0 Å². The minimum Gasteiger partial charge on any atom is -0.147 e. The fourth-order valence-electron chi connectivity index (χ4n) is 5.03. The second-order valence-electron chi connectivity index (χ2n) is 9.21. The van der Waals surface area contributed by atoms with E-state index >= 15 is 0 Å². The molecule has 0 radical (unpaired) electrons. The first-order valence-electron chi connectivity index (χ1n) is 9.29. The first-order valence-corrected chi connectivity index (χ1v) is 17.7. The summed E-state index contributed by atoms with van der Waals surface area (Å²) in [5.74, 6) is 0. The first-order chi connectivity index (χ1) is 11.6. The molecule has 0 atom stereocenters. The Morgan fingerprint density at radius 2 is 1.41 bits per heavy atom. The summed E-state index contributed by atoms with van der Waals surface area (Å²) in [6, 6.07) is 17.8. The third kappa shape index (κ3) is 4.90. The normalized spacial score (nSPS) is 14.0. The summed E-state index contributed by atoms with van der Waals surface area (Å²) in [6.45, 7) is 7.10. The molecule has 2 N–H and O–H groups in total. The van der Waals surface area contributed by atoms with Crippen molar-refractivity contribution in [2.45, 2.75) is 46.9 Å². The van der Waals surface area contributed by atoms with Gasteiger partial charge in [0.1, 0.15) is 0 Å². The molecule has 0 saturated heterocycles. The summed E-state index contributed by atoms with van der Waals surface area (Å²) < 4.78 is 5.72. The molecular formula is C21H33Cl2NOSiTi. The molecule has 3 rings (SSSR count). The van der Waals surface area contributed by atoms with Crippen molar-refractivity contribution >= 4 is 32.4 Å². The average Bonchev–Trinajstić information content (AvgIpc) is 2.87. The standard InChI is InChI=1S/C13H9.C4H10N.C3H7O.CH3.2ClH.H2Si.Ti/c1-3-7-12-10(5-1)9-11-6-2-4-8-13(11)12;1-4(2,3)5;1-2-3-4;;;;;/h1-9H;5H,1-3H3;4H,1-3H2;1H3;2*1H;1H2;/q;-1;;;;;;+1.